The summed E-state index contributed by atoms with van der Waals surface area (Å²) < 4.78 is 15.6. The molecule has 0 heterocycles. The molecule has 0 aromatic heterocycles. The highest BCUT2D eigenvalue weighted by Crippen LogP contribution is 2.16. The van der Waals surface area contributed by atoms with Gasteiger partial charge < -0.3 is 14.2 Å². The van der Waals surface area contributed by atoms with E-state index < -0.39 is 11.9 Å². The van der Waals surface area contributed by atoms with E-state index in [-0.39, 0.29) is 18.8 Å². The molecule has 0 spiro atoms. The average Bonchev–Trinajstić information content (AvgIpc) is 2.78. The zero-order chi connectivity index (χ0) is 23.1. The Morgan fingerprint density at radius 1 is 0.806 bits per heavy atom. The second-order valence-corrected chi connectivity index (χ2v) is 6.18. The Balaban J connectivity index is 2.71. The number of benzene rings is 1. The molecule has 1 aromatic carbocycles. The van der Waals surface area contributed by atoms with Gasteiger partial charge in [0.15, 0.2) is 0 Å². The highest BCUT2D eigenvalue weighted by Gasteiger charge is 2.08. The molecule has 1 aromatic rings. The standard InChI is InChI=1S/C26H28O5/c1-6-22(24-12-10-9-11-13-24)16-15-21(5)31-26(28)23(7-2)17-14-20(4)29-18-19-30-25(27)8-3/h6-17H,1-3,18-19H2,4-5H3/b20-14+,21-15+,22-16+,23-17+. The molecule has 0 radical (unpaired) electrons. The first kappa shape index (κ1) is 25.2. The lowest BCUT2D eigenvalue weighted by atomic mass is 10.1. The first-order chi connectivity index (χ1) is 14.9. The monoisotopic (exact) mass is 420 g/mol. The van der Waals surface area contributed by atoms with Crippen LogP contribution in [0.2, 0.25) is 0 Å². The van der Waals surface area contributed by atoms with Crippen LogP contribution in [0.5, 0.6) is 0 Å². The number of ether oxygens (including phenoxy) is 3. The molecular formula is C26H28O5. The van der Waals surface area contributed by atoms with Crippen LogP contribution >= 0.6 is 0 Å². The summed E-state index contributed by atoms with van der Waals surface area (Å²) in [5.74, 6) is -0.0884. The van der Waals surface area contributed by atoms with Gasteiger partial charge in [0.25, 0.3) is 0 Å². The van der Waals surface area contributed by atoms with Crippen LogP contribution in [0.3, 0.4) is 0 Å². The molecule has 0 saturated carbocycles. The van der Waals surface area contributed by atoms with Gasteiger partial charge in [-0.3, -0.25) is 0 Å². The Labute approximate surface area is 184 Å². The highest BCUT2D eigenvalue weighted by atomic mass is 16.6. The normalized spacial score (nSPS) is 12.6. The minimum atomic E-state index is -0.541. The molecule has 0 aliphatic carbocycles. The number of hydrogen-bond donors (Lipinski definition) is 0. The van der Waals surface area contributed by atoms with Crippen LogP contribution < -0.4 is 0 Å². The van der Waals surface area contributed by atoms with Crippen molar-refractivity contribution in [3.05, 3.63) is 115 Å². The van der Waals surface area contributed by atoms with E-state index in [0.717, 1.165) is 17.2 Å². The van der Waals surface area contributed by atoms with E-state index in [2.05, 4.69) is 19.7 Å². The van der Waals surface area contributed by atoms with Gasteiger partial charge in [-0.05, 0) is 43.2 Å². The molecule has 0 aliphatic rings. The average molecular weight is 421 g/mol. The second kappa shape index (κ2) is 14.2. The lowest BCUT2D eigenvalue weighted by Crippen LogP contribution is -2.07. The fraction of sp³-hybridized carbons (Fsp3) is 0.154. The second-order valence-electron chi connectivity index (χ2n) is 6.18. The molecule has 0 saturated heterocycles. The van der Waals surface area contributed by atoms with Gasteiger partial charge in [-0.15, -0.1) is 0 Å². The number of carbonyl (C=O) groups excluding carboxylic acids is 2. The molecule has 31 heavy (non-hydrogen) atoms. The molecule has 162 valence electrons. The van der Waals surface area contributed by atoms with Crippen LogP contribution in [0.25, 0.3) is 5.57 Å². The molecule has 0 aliphatic heterocycles. The third-order valence-electron chi connectivity index (χ3n) is 3.86. The zero-order valence-electron chi connectivity index (χ0n) is 18.0. The summed E-state index contributed by atoms with van der Waals surface area (Å²) in [5, 5.41) is 0. The van der Waals surface area contributed by atoms with Crippen molar-refractivity contribution >= 4 is 17.5 Å². The molecule has 0 N–H and O–H groups in total. The van der Waals surface area contributed by atoms with Crippen molar-refractivity contribution in [2.45, 2.75) is 13.8 Å². The Kier molecular flexibility index (Phi) is 11.5. The number of esters is 2. The largest absolute Gasteiger partial charge is 0.495 e. The van der Waals surface area contributed by atoms with Gasteiger partial charge in [0, 0.05) is 6.08 Å². The van der Waals surface area contributed by atoms with Crippen LogP contribution in [0.1, 0.15) is 19.4 Å². The third kappa shape index (κ3) is 9.94. The van der Waals surface area contributed by atoms with E-state index in [1.807, 2.05) is 36.4 Å². The topological polar surface area (TPSA) is 61.8 Å². The summed E-state index contributed by atoms with van der Waals surface area (Å²) in [6.07, 6.45) is 10.9. The van der Waals surface area contributed by atoms with Crippen LogP contribution in [-0.2, 0) is 23.8 Å². The van der Waals surface area contributed by atoms with Crippen molar-refractivity contribution in [3.63, 3.8) is 0 Å². The van der Waals surface area contributed by atoms with E-state index in [1.165, 1.54) is 6.08 Å². The van der Waals surface area contributed by atoms with Crippen LogP contribution in [0.4, 0.5) is 0 Å². The van der Waals surface area contributed by atoms with E-state index in [1.54, 1.807) is 38.2 Å². The minimum absolute atomic E-state index is 0.100. The molecule has 0 amide bonds. The van der Waals surface area contributed by atoms with Crippen molar-refractivity contribution in [2.75, 3.05) is 13.2 Å². The quantitative estimate of drug-likeness (QED) is 0.148. The molecule has 0 unspecified atom stereocenters. The first-order valence-electron chi connectivity index (χ1n) is 9.62. The van der Waals surface area contributed by atoms with Crippen molar-refractivity contribution in [2.24, 2.45) is 0 Å². The predicted molar refractivity (Wildman–Crippen MR) is 124 cm³/mol. The molecule has 1 rings (SSSR count). The Bertz CT molecular complexity index is 914. The highest BCUT2D eigenvalue weighted by molar-refractivity contribution is 5.92. The maximum Gasteiger partial charge on any atom is 0.343 e. The van der Waals surface area contributed by atoms with Gasteiger partial charge in [-0.2, -0.15) is 0 Å². The molecule has 5 heteroatoms. The van der Waals surface area contributed by atoms with Crippen LogP contribution in [-0.4, -0.2) is 25.2 Å². The smallest absolute Gasteiger partial charge is 0.343 e. The summed E-state index contributed by atoms with van der Waals surface area (Å²) in [6, 6.07) is 9.77. The third-order valence-corrected chi connectivity index (χ3v) is 3.86. The lowest BCUT2D eigenvalue weighted by Gasteiger charge is -2.07. The van der Waals surface area contributed by atoms with Gasteiger partial charge in [0.2, 0.25) is 0 Å². The van der Waals surface area contributed by atoms with Gasteiger partial charge >= 0.3 is 11.9 Å². The van der Waals surface area contributed by atoms with Gasteiger partial charge in [0.05, 0.1) is 11.3 Å². The SMILES string of the molecule is C=CC(=O)OCCO/C(C)=C/C=C(\C=C)C(=O)O/C(C)=C/C=C(\C=C)c1ccccc1. The van der Waals surface area contributed by atoms with Crippen molar-refractivity contribution < 1.29 is 23.8 Å². The Morgan fingerprint density at radius 3 is 2.06 bits per heavy atom. The van der Waals surface area contributed by atoms with E-state index in [0.29, 0.717) is 11.5 Å². The summed E-state index contributed by atoms with van der Waals surface area (Å²) in [6.45, 7) is 14.5. The molecule has 0 atom stereocenters. The number of allylic oxidation sites excluding steroid dienone is 8. The Hall–Kier alpha value is -3.86. The van der Waals surface area contributed by atoms with Gasteiger partial charge in [0.1, 0.15) is 19.0 Å². The maximum atomic E-state index is 12.4. The van der Waals surface area contributed by atoms with Gasteiger partial charge in [-0.25, -0.2) is 9.59 Å². The fourth-order valence-electron chi connectivity index (χ4n) is 2.24. The summed E-state index contributed by atoms with van der Waals surface area (Å²) in [4.78, 5) is 23.3. The summed E-state index contributed by atoms with van der Waals surface area (Å²) in [5.41, 5.74) is 2.19. The van der Waals surface area contributed by atoms with Gasteiger partial charge in [-0.1, -0.05) is 68.3 Å². The summed E-state index contributed by atoms with van der Waals surface area (Å²) in [7, 11) is 0. The predicted octanol–water partition coefficient (Wildman–Crippen LogP) is 5.47. The maximum absolute atomic E-state index is 12.4. The van der Waals surface area contributed by atoms with Crippen LogP contribution in [0, 0.1) is 0 Å². The lowest BCUT2D eigenvalue weighted by molar-refractivity contribution is -0.139. The molecule has 0 fully saturated rings. The van der Waals surface area contributed by atoms with E-state index >= 15 is 0 Å². The number of carbonyl (C=O) groups is 2. The number of hydrogen-bond acceptors (Lipinski definition) is 5. The molecule has 5 nitrogen and oxygen atoms in total. The zero-order valence-corrected chi connectivity index (χ0v) is 18.0. The van der Waals surface area contributed by atoms with Crippen molar-refractivity contribution in [3.8, 4) is 0 Å². The Morgan fingerprint density at radius 2 is 1.45 bits per heavy atom. The first-order valence-corrected chi connectivity index (χ1v) is 9.62. The summed E-state index contributed by atoms with van der Waals surface area (Å²) >= 11 is 0. The molecule has 0 bridgehead atoms. The fourth-order valence-corrected chi connectivity index (χ4v) is 2.24. The van der Waals surface area contributed by atoms with E-state index in [4.69, 9.17) is 14.2 Å². The van der Waals surface area contributed by atoms with Crippen LogP contribution in [0.15, 0.2) is 110 Å². The van der Waals surface area contributed by atoms with E-state index in [9.17, 15) is 9.59 Å². The number of rotatable bonds is 12. The van der Waals surface area contributed by atoms with Crippen molar-refractivity contribution in [1.82, 2.24) is 0 Å². The van der Waals surface area contributed by atoms with Crippen molar-refractivity contribution in [1.29, 1.82) is 0 Å². The minimum Gasteiger partial charge on any atom is -0.495 e. The molecular weight excluding hydrogens is 392 g/mol.